The summed E-state index contributed by atoms with van der Waals surface area (Å²) in [6.45, 7) is 1.73. The van der Waals surface area contributed by atoms with Crippen molar-refractivity contribution in [3.8, 4) is 0 Å². The van der Waals surface area contributed by atoms with E-state index in [1.54, 1.807) is 13.0 Å². The molecule has 1 amide bonds. The Labute approximate surface area is 118 Å². The molecule has 0 radical (unpaired) electrons. The molecule has 108 valence electrons. The summed E-state index contributed by atoms with van der Waals surface area (Å²) in [6.07, 6.45) is 1.09. The average molecular weight is 289 g/mol. The zero-order chi connectivity index (χ0) is 15.6. The SMILES string of the molecule is Cc1ccc(NC(=O)c2cc([N+](=O)[O-])c[nH]2)c(C(=O)O)c1. The van der Waals surface area contributed by atoms with Crippen LogP contribution in [0.2, 0.25) is 0 Å². The van der Waals surface area contributed by atoms with E-state index in [2.05, 4.69) is 10.3 Å². The number of anilines is 1. The summed E-state index contributed by atoms with van der Waals surface area (Å²) in [4.78, 5) is 35.5. The molecule has 0 bridgehead atoms. The molecular formula is C13H11N3O5. The fraction of sp³-hybridized carbons (Fsp3) is 0.0769. The summed E-state index contributed by atoms with van der Waals surface area (Å²) < 4.78 is 0. The monoisotopic (exact) mass is 289 g/mol. The minimum atomic E-state index is -1.17. The highest BCUT2D eigenvalue weighted by Crippen LogP contribution is 2.19. The number of carbonyl (C=O) groups excluding carboxylic acids is 1. The van der Waals surface area contributed by atoms with Gasteiger partial charge in [0.05, 0.1) is 22.4 Å². The molecule has 0 unspecified atom stereocenters. The molecule has 0 aliphatic heterocycles. The predicted octanol–water partition coefficient (Wildman–Crippen LogP) is 2.18. The van der Waals surface area contributed by atoms with E-state index in [1.807, 2.05) is 0 Å². The van der Waals surface area contributed by atoms with Crippen molar-refractivity contribution in [1.29, 1.82) is 0 Å². The Morgan fingerprint density at radius 2 is 2.05 bits per heavy atom. The van der Waals surface area contributed by atoms with Gasteiger partial charge in [0.1, 0.15) is 5.69 Å². The summed E-state index contributed by atoms with van der Waals surface area (Å²) in [5, 5.41) is 22.1. The zero-order valence-electron chi connectivity index (χ0n) is 10.9. The lowest BCUT2D eigenvalue weighted by molar-refractivity contribution is -0.384. The van der Waals surface area contributed by atoms with Crippen LogP contribution >= 0.6 is 0 Å². The summed E-state index contributed by atoms with van der Waals surface area (Å²) in [5.41, 5.74) is 0.529. The van der Waals surface area contributed by atoms with Gasteiger partial charge in [-0.05, 0) is 19.1 Å². The maximum absolute atomic E-state index is 12.0. The van der Waals surface area contributed by atoms with E-state index in [0.29, 0.717) is 0 Å². The van der Waals surface area contributed by atoms with Gasteiger partial charge in [0.2, 0.25) is 0 Å². The van der Waals surface area contributed by atoms with Crippen molar-refractivity contribution in [1.82, 2.24) is 4.98 Å². The van der Waals surface area contributed by atoms with E-state index in [1.165, 1.54) is 12.1 Å². The third-order valence-corrected chi connectivity index (χ3v) is 2.78. The van der Waals surface area contributed by atoms with Crippen molar-refractivity contribution in [2.24, 2.45) is 0 Å². The topological polar surface area (TPSA) is 125 Å². The molecule has 0 saturated heterocycles. The molecule has 1 heterocycles. The highest BCUT2D eigenvalue weighted by molar-refractivity contribution is 6.07. The van der Waals surface area contributed by atoms with Crippen molar-refractivity contribution < 1.29 is 19.6 Å². The van der Waals surface area contributed by atoms with E-state index in [-0.39, 0.29) is 22.6 Å². The minimum Gasteiger partial charge on any atom is -0.478 e. The Kier molecular flexibility index (Phi) is 3.70. The molecule has 0 spiro atoms. The zero-order valence-corrected chi connectivity index (χ0v) is 10.9. The van der Waals surface area contributed by atoms with Gasteiger partial charge in [0.15, 0.2) is 0 Å². The van der Waals surface area contributed by atoms with Gasteiger partial charge in [-0.3, -0.25) is 14.9 Å². The van der Waals surface area contributed by atoms with Gasteiger partial charge in [-0.1, -0.05) is 11.6 Å². The largest absolute Gasteiger partial charge is 0.478 e. The maximum Gasteiger partial charge on any atom is 0.337 e. The number of carboxylic acids is 1. The van der Waals surface area contributed by atoms with Crippen LogP contribution in [0.4, 0.5) is 11.4 Å². The van der Waals surface area contributed by atoms with Crippen molar-refractivity contribution in [3.63, 3.8) is 0 Å². The van der Waals surface area contributed by atoms with Gasteiger partial charge in [-0.2, -0.15) is 0 Å². The first-order valence-electron chi connectivity index (χ1n) is 5.86. The number of nitrogens with one attached hydrogen (secondary N) is 2. The number of aryl methyl sites for hydroxylation is 1. The number of carboxylic acid groups (broad SMARTS) is 1. The summed E-state index contributed by atoms with van der Waals surface area (Å²) in [6, 6.07) is 5.62. The average Bonchev–Trinajstić information content (AvgIpc) is 2.90. The smallest absolute Gasteiger partial charge is 0.337 e. The molecule has 0 aliphatic rings. The van der Waals surface area contributed by atoms with Crippen molar-refractivity contribution in [3.05, 3.63) is 57.4 Å². The Bertz CT molecular complexity index is 735. The fourth-order valence-corrected chi connectivity index (χ4v) is 1.75. The van der Waals surface area contributed by atoms with Crippen LogP contribution in [-0.4, -0.2) is 26.9 Å². The van der Waals surface area contributed by atoms with Crippen LogP contribution in [-0.2, 0) is 0 Å². The van der Waals surface area contributed by atoms with Crippen LogP contribution in [0.1, 0.15) is 26.4 Å². The highest BCUT2D eigenvalue weighted by Gasteiger charge is 2.17. The Hall–Kier alpha value is -3.16. The number of nitrogens with zero attached hydrogens (tertiary/aromatic N) is 1. The predicted molar refractivity (Wildman–Crippen MR) is 73.5 cm³/mol. The van der Waals surface area contributed by atoms with Gasteiger partial charge in [-0.25, -0.2) is 4.79 Å². The number of carbonyl (C=O) groups is 2. The third-order valence-electron chi connectivity index (χ3n) is 2.78. The maximum atomic E-state index is 12.0. The van der Waals surface area contributed by atoms with E-state index < -0.39 is 16.8 Å². The Morgan fingerprint density at radius 3 is 2.62 bits per heavy atom. The lowest BCUT2D eigenvalue weighted by Crippen LogP contribution is -2.15. The standard InChI is InChI=1S/C13H11N3O5/c1-7-2-3-10(9(4-7)13(18)19)15-12(17)11-5-8(6-14-11)16(20)21/h2-6,14H,1H3,(H,15,17)(H,18,19). The number of nitro groups is 1. The van der Waals surface area contributed by atoms with Crippen molar-refractivity contribution in [2.45, 2.75) is 6.92 Å². The number of hydrogen-bond acceptors (Lipinski definition) is 4. The van der Waals surface area contributed by atoms with Gasteiger partial charge in [0, 0.05) is 6.07 Å². The fourth-order valence-electron chi connectivity index (χ4n) is 1.75. The van der Waals surface area contributed by atoms with Crippen LogP contribution in [0.3, 0.4) is 0 Å². The molecule has 0 atom stereocenters. The minimum absolute atomic E-state index is 0.0291. The van der Waals surface area contributed by atoms with Gasteiger partial charge in [-0.15, -0.1) is 0 Å². The number of benzene rings is 1. The quantitative estimate of drug-likeness (QED) is 0.587. The molecule has 0 aliphatic carbocycles. The van der Waals surface area contributed by atoms with Gasteiger partial charge >= 0.3 is 5.97 Å². The van der Waals surface area contributed by atoms with Crippen molar-refractivity contribution in [2.75, 3.05) is 5.32 Å². The van der Waals surface area contributed by atoms with E-state index in [0.717, 1.165) is 17.8 Å². The molecule has 8 heteroatoms. The summed E-state index contributed by atoms with van der Waals surface area (Å²) >= 11 is 0. The molecule has 2 aromatic rings. The first-order valence-corrected chi connectivity index (χ1v) is 5.86. The third kappa shape index (κ3) is 3.06. The molecule has 3 N–H and O–H groups in total. The van der Waals surface area contributed by atoms with Crippen LogP contribution in [0.25, 0.3) is 0 Å². The molecule has 1 aromatic heterocycles. The first kappa shape index (κ1) is 14.3. The second-order valence-electron chi connectivity index (χ2n) is 4.34. The van der Waals surface area contributed by atoms with E-state index in [4.69, 9.17) is 5.11 Å². The second kappa shape index (κ2) is 5.45. The Morgan fingerprint density at radius 1 is 1.33 bits per heavy atom. The number of rotatable bonds is 4. The first-order chi connectivity index (χ1) is 9.88. The number of H-pyrrole nitrogens is 1. The second-order valence-corrected chi connectivity index (χ2v) is 4.34. The molecule has 1 aromatic carbocycles. The van der Waals surface area contributed by atoms with Gasteiger partial charge in [0.25, 0.3) is 11.6 Å². The summed E-state index contributed by atoms with van der Waals surface area (Å²) in [7, 11) is 0. The molecule has 0 saturated carbocycles. The van der Waals surface area contributed by atoms with Crippen LogP contribution < -0.4 is 5.32 Å². The number of amides is 1. The number of aromatic nitrogens is 1. The van der Waals surface area contributed by atoms with Crippen LogP contribution in [0, 0.1) is 17.0 Å². The van der Waals surface area contributed by atoms with E-state index in [9.17, 15) is 19.7 Å². The number of hydrogen-bond donors (Lipinski definition) is 3. The normalized spacial score (nSPS) is 10.1. The molecule has 8 nitrogen and oxygen atoms in total. The summed E-state index contributed by atoms with van der Waals surface area (Å²) in [5.74, 6) is -1.83. The van der Waals surface area contributed by atoms with Crippen LogP contribution in [0.15, 0.2) is 30.5 Å². The van der Waals surface area contributed by atoms with Crippen LogP contribution in [0.5, 0.6) is 0 Å². The number of aromatic carboxylic acids is 1. The number of aromatic amines is 1. The lowest BCUT2D eigenvalue weighted by Gasteiger charge is -2.08. The molecular weight excluding hydrogens is 278 g/mol. The molecule has 2 rings (SSSR count). The molecule has 21 heavy (non-hydrogen) atoms. The highest BCUT2D eigenvalue weighted by atomic mass is 16.6. The Balaban J connectivity index is 2.27. The van der Waals surface area contributed by atoms with E-state index >= 15 is 0 Å². The van der Waals surface area contributed by atoms with Crippen molar-refractivity contribution >= 4 is 23.3 Å². The lowest BCUT2D eigenvalue weighted by atomic mass is 10.1. The van der Waals surface area contributed by atoms with Gasteiger partial charge < -0.3 is 15.4 Å². The molecule has 0 fully saturated rings.